The van der Waals surface area contributed by atoms with Gasteiger partial charge in [-0.05, 0) is 12.0 Å². The molecule has 0 aliphatic carbocycles. The van der Waals surface area contributed by atoms with E-state index in [0.717, 1.165) is 6.20 Å². The van der Waals surface area contributed by atoms with E-state index in [-0.39, 0.29) is 5.92 Å². The Balaban J connectivity index is 3.20. The Morgan fingerprint density at radius 1 is 1.58 bits per heavy atom. The van der Waals surface area contributed by atoms with Crippen molar-refractivity contribution in [3.8, 4) is 0 Å². The maximum absolute atomic E-state index is 12.6. The van der Waals surface area contributed by atoms with E-state index in [1.165, 1.54) is 6.07 Å². The summed E-state index contributed by atoms with van der Waals surface area (Å²) in [7, 11) is 0. The van der Waals surface area contributed by atoms with Gasteiger partial charge in [0.1, 0.15) is 5.82 Å². The highest BCUT2D eigenvalue weighted by atomic mass is 19.1. The van der Waals surface area contributed by atoms with Gasteiger partial charge < -0.3 is 0 Å². The summed E-state index contributed by atoms with van der Waals surface area (Å²) in [6.45, 7) is 3.82. The van der Waals surface area contributed by atoms with Gasteiger partial charge in [0.15, 0.2) is 6.29 Å². The van der Waals surface area contributed by atoms with Gasteiger partial charge in [-0.25, -0.2) is 4.39 Å². The molecule has 0 unspecified atom stereocenters. The SMILES string of the molecule is CC(C)c1ncc(F)cc1C=O. The number of rotatable bonds is 2. The van der Waals surface area contributed by atoms with Gasteiger partial charge >= 0.3 is 0 Å². The van der Waals surface area contributed by atoms with Crippen LogP contribution in [0.5, 0.6) is 0 Å². The van der Waals surface area contributed by atoms with Gasteiger partial charge in [0.25, 0.3) is 0 Å². The lowest BCUT2D eigenvalue weighted by Crippen LogP contribution is -1.99. The number of carbonyl (C=O) groups excluding carboxylic acids is 1. The summed E-state index contributed by atoms with van der Waals surface area (Å²) >= 11 is 0. The Morgan fingerprint density at radius 3 is 2.75 bits per heavy atom. The van der Waals surface area contributed by atoms with E-state index in [1.54, 1.807) is 0 Å². The third-order valence-electron chi connectivity index (χ3n) is 1.59. The van der Waals surface area contributed by atoms with Gasteiger partial charge in [0, 0.05) is 5.56 Å². The van der Waals surface area contributed by atoms with Crippen molar-refractivity contribution in [3.05, 3.63) is 29.3 Å². The summed E-state index contributed by atoms with van der Waals surface area (Å²) in [5.74, 6) is -0.327. The van der Waals surface area contributed by atoms with Crippen molar-refractivity contribution >= 4 is 6.29 Å². The van der Waals surface area contributed by atoms with Crippen LogP contribution >= 0.6 is 0 Å². The molecule has 0 saturated heterocycles. The monoisotopic (exact) mass is 167 g/mol. The largest absolute Gasteiger partial charge is 0.298 e. The summed E-state index contributed by atoms with van der Waals surface area (Å²) in [5.41, 5.74) is 0.983. The fourth-order valence-electron chi connectivity index (χ4n) is 1.04. The van der Waals surface area contributed by atoms with E-state index >= 15 is 0 Å². The lowest BCUT2D eigenvalue weighted by Gasteiger charge is -2.05. The first-order valence-corrected chi connectivity index (χ1v) is 3.75. The van der Waals surface area contributed by atoms with Crippen molar-refractivity contribution in [3.63, 3.8) is 0 Å². The predicted octanol–water partition coefficient (Wildman–Crippen LogP) is 2.16. The zero-order valence-corrected chi connectivity index (χ0v) is 7.04. The highest BCUT2D eigenvalue weighted by Crippen LogP contribution is 2.15. The highest BCUT2D eigenvalue weighted by molar-refractivity contribution is 5.76. The third kappa shape index (κ3) is 1.67. The van der Waals surface area contributed by atoms with Crippen LogP contribution in [0.15, 0.2) is 12.3 Å². The Labute approximate surface area is 70.4 Å². The number of pyridine rings is 1. The highest BCUT2D eigenvalue weighted by Gasteiger charge is 2.07. The molecule has 0 bridgehead atoms. The zero-order valence-electron chi connectivity index (χ0n) is 7.04. The fourth-order valence-corrected chi connectivity index (χ4v) is 1.04. The van der Waals surface area contributed by atoms with Crippen LogP contribution in [0.25, 0.3) is 0 Å². The Hall–Kier alpha value is -1.25. The average molecular weight is 167 g/mol. The summed E-state index contributed by atoms with van der Waals surface area (Å²) < 4.78 is 12.6. The molecule has 1 rings (SSSR count). The summed E-state index contributed by atoms with van der Waals surface area (Å²) in [5, 5.41) is 0. The smallest absolute Gasteiger partial charge is 0.152 e. The van der Waals surface area contributed by atoms with Crippen LogP contribution in [0.2, 0.25) is 0 Å². The second-order valence-corrected chi connectivity index (χ2v) is 2.90. The topological polar surface area (TPSA) is 30.0 Å². The molecule has 0 aliphatic rings. The van der Waals surface area contributed by atoms with E-state index in [9.17, 15) is 9.18 Å². The molecule has 0 spiro atoms. The Kier molecular flexibility index (Phi) is 2.53. The van der Waals surface area contributed by atoms with E-state index in [2.05, 4.69) is 4.98 Å². The molecule has 12 heavy (non-hydrogen) atoms. The van der Waals surface area contributed by atoms with Crippen LogP contribution in [0, 0.1) is 5.82 Å². The maximum Gasteiger partial charge on any atom is 0.152 e. The minimum absolute atomic E-state index is 0.144. The summed E-state index contributed by atoms with van der Waals surface area (Å²) in [4.78, 5) is 14.3. The summed E-state index contributed by atoms with van der Waals surface area (Å²) in [6.07, 6.45) is 1.76. The number of aldehydes is 1. The molecule has 0 atom stereocenters. The molecule has 0 saturated carbocycles. The molecule has 0 aromatic carbocycles. The number of hydrogen-bond donors (Lipinski definition) is 0. The molecule has 1 heterocycles. The molecule has 1 aromatic rings. The van der Waals surface area contributed by atoms with Crippen molar-refractivity contribution in [1.29, 1.82) is 0 Å². The first-order chi connectivity index (χ1) is 5.65. The summed E-state index contributed by atoms with van der Waals surface area (Å²) in [6, 6.07) is 1.20. The fraction of sp³-hybridized carbons (Fsp3) is 0.333. The van der Waals surface area contributed by atoms with Crippen LogP contribution in [0.4, 0.5) is 4.39 Å². The van der Waals surface area contributed by atoms with Crippen molar-refractivity contribution in [2.45, 2.75) is 19.8 Å². The van der Waals surface area contributed by atoms with Gasteiger partial charge in [0.2, 0.25) is 0 Å². The first kappa shape index (κ1) is 8.84. The molecule has 0 amide bonds. The lowest BCUT2D eigenvalue weighted by atomic mass is 10.1. The minimum Gasteiger partial charge on any atom is -0.298 e. The standard InChI is InChI=1S/C9H10FNO/c1-6(2)9-7(5-12)3-8(10)4-11-9/h3-6H,1-2H3. The van der Waals surface area contributed by atoms with Crippen molar-refractivity contribution in [1.82, 2.24) is 4.98 Å². The quantitative estimate of drug-likeness (QED) is 0.632. The normalized spacial score (nSPS) is 10.3. The van der Waals surface area contributed by atoms with Crippen LogP contribution in [0.1, 0.15) is 35.8 Å². The Morgan fingerprint density at radius 2 is 2.25 bits per heavy atom. The molecule has 0 N–H and O–H groups in total. The second-order valence-electron chi connectivity index (χ2n) is 2.90. The van der Waals surface area contributed by atoms with Crippen molar-refractivity contribution in [2.24, 2.45) is 0 Å². The van der Waals surface area contributed by atoms with Gasteiger partial charge in [-0.3, -0.25) is 9.78 Å². The number of nitrogens with zero attached hydrogens (tertiary/aromatic N) is 1. The zero-order chi connectivity index (χ0) is 9.14. The molecule has 0 radical (unpaired) electrons. The van der Waals surface area contributed by atoms with Crippen LogP contribution < -0.4 is 0 Å². The molecule has 3 heteroatoms. The van der Waals surface area contributed by atoms with Crippen molar-refractivity contribution < 1.29 is 9.18 Å². The lowest BCUT2D eigenvalue weighted by molar-refractivity contribution is 0.112. The van der Waals surface area contributed by atoms with Gasteiger partial charge in [-0.2, -0.15) is 0 Å². The van der Waals surface area contributed by atoms with Crippen LogP contribution in [-0.2, 0) is 0 Å². The Bertz CT molecular complexity index is 297. The van der Waals surface area contributed by atoms with Gasteiger partial charge in [-0.15, -0.1) is 0 Å². The second kappa shape index (κ2) is 3.43. The first-order valence-electron chi connectivity index (χ1n) is 3.75. The van der Waals surface area contributed by atoms with Crippen molar-refractivity contribution in [2.75, 3.05) is 0 Å². The van der Waals surface area contributed by atoms with E-state index < -0.39 is 5.82 Å². The number of halogens is 1. The maximum atomic E-state index is 12.6. The molecule has 2 nitrogen and oxygen atoms in total. The minimum atomic E-state index is -0.471. The van der Waals surface area contributed by atoms with Crippen LogP contribution in [0.3, 0.4) is 0 Å². The van der Waals surface area contributed by atoms with Gasteiger partial charge in [0.05, 0.1) is 11.9 Å². The average Bonchev–Trinajstić information content (AvgIpc) is 2.03. The number of carbonyl (C=O) groups is 1. The molecule has 1 aromatic heterocycles. The van der Waals surface area contributed by atoms with Gasteiger partial charge in [-0.1, -0.05) is 13.8 Å². The number of hydrogen-bond acceptors (Lipinski definition) is 2. The predicted molar refractivity (Wildman–Crippen MR) is 43.7 cm³/mol. The molecule has 0 fully saturated rings. The molecule has 64 valence electrons. The third-order valence-corrected chi connectivity index (χ3v) is 1.59. The molecular weight excluding hydrogens is 157 g/mol. The van der Waals surface area contributed by atoms with E-state index in [1.807, 2.05) is 13.8 Å². The molecule has 0 aliphatic heterocycles. The number of aromatic nitrogens is 1. The van der Waals surface area contributed by atoms with Crippen LogP contribution in [-0.4, -0.2) is 11.3 Å². The van der Waals surface area contributed by atoms with E-state index in [0.29, 0.717) is 17.5 Å². The molecular formula is C9H10FNO. The van der Waals surface area contributed by atoms with E-state index in [4.69, 9.17) is 0 Å².